The number of carbonyl (C=O) groups is 1. The third-order valence-corrected chi connectivity index (χ3v) is 4.15. The van der Waals surface area contributed by atoms with Crippen LogP contribution in [0.15, 0.2) is 18.2 Å². The van der Waals surface area contributed by atoms with Gasteiger partial charge >= 0.3 is 0 Å². The van der Waals surface area contributed by atoms with Crippen molar-refractivity contribution in [3.05, 3.63) is 28.8 Å². The fraction of sp³-hybridized carbons (Fsp3) is 0.364. The van der Waals surface area contributed by atoms with E-state index in [2.05, 4.69) is 4.90 Å². The third kappa shape index (κ3) is 2.44. The Labute approximate surface area is 102 Å². The van der Waals surface area contributed by atoms with Crippen LogP contribution in [-0.4, -0.2) is 35.1 Å². The van der Waals surface area contributed by atoms with Gasteiger partial charge in [-0.3, -0.25) is 9.00 Å². The largest absolute Gasteiger partial charge is 0.369 e. The van der Waals surface area contributed by atoms with E-state index in [0.717, 1.165) is 12.0 Å². The molecule has 1 fully saturated rings. The Bertz CT molecular complexity index is 426. The molecule has 5 heteroatoms. The van der Waals surface area contributed by atoms with Gasteiger partial charge < -0.3 is 4.90 Å². The average Bonchev–Trinajstić information content (AvgIpc) is 2.30. The molecule has 2 rings (SSSR count). The minimum absolute atomic E-state index is 0.618. The molecule has 0 radical (unpaired) electrons. The molecule has 1 aliphatic heterocycles. The van der Waals surface area contributed by atoms with E-state index in [9.17, 15) is 9.00 Å². The predicted molar refractivity (Wildman–Crippen MR) is 66.9 cm³/mol. The van der Waals surface area contributed by atoms with E-state index in [4.69, 9.17) is 11.6 Å². The first kappa shape index (κ1) is 11.6. The molecule has 86 valence electrons. The highest BCUT2D eigenvalue weighted by Gasteiger charge is 2.17. The number of hydrogen-bond acceptors (Lipinski definition) is 3. The van der Waals surface area contributed by atoms with E-state index in [1.54, 1.807) is 18.2 Å². The minimum atomic E-state index is -0.712. The molecule has 1 saturated heterocycles. The molecule has 1 aromatic rings. The lowest BCUT2D eigenvalue weighted by Crippen LogP contribution is -2.38. The van der Waals surface area contributed by atoms with Gasteiger partial charge in [0.1, 0.15) is 0 Å². The summed E-state index contributed by atoms with van der Waals surface area (Å²) in [6.07, 6.45) is 0.831. The van der Waals surface area contributed by atoms with E-state index in [0.29, 0.717) is 35.2 Å². The average molecular weight is 258 g/mol. The molecule has 3 nitrogen and oxygen atoms in total. The highest BCUT2D eigenvalue weighted by molar-refractivity contribution is 7.85. The zero-order chi connectivity index (χ0) is 11.5. The van der Waals surface area contributed by atoms with Crippen molar-refractivity contribution in [2.45, 2.75) is 0 Å². The standard InChI is InChI=1S/C11H12ClNO2S/c12-10-2-1-9(8-14)11(7-10)13-3-5-16(15)6-4-13/h1-2,7-8H,3-6H2. The van der Waals surface area contributed by atoms with Gasteiger partial charge in [-0.1, -0.05) is 11.6 Å². The second-order valence-electron chi connectivity index (χ2n) is 3.66. The smallest absolute Gasteiger partial charge is 0.152 e. The molecule has 0 saturated carbocycles. The van der Waals surface area contributed by atoms with Gasteiger partial charge in [-0.05, 0) is 18.2 Å². The number of benzene rings is 1. The van der Waals surface area contributed by atoms with Gasteiger partial charge in [0.05, 0.1) is 0 Å². The molecule has 16 heavy (non-hydrogen) atoms. The summed E-state index contributed by atoms with van der Waals surface area (Å²) in [5.41, 5.74) is 1.48. The molecular formula is C11H12ClNO2S. The molecule has 1 heterocycles. The van der Waals surface area contributed by atoms with E-state index in [-0.39, 0.29) is 0 Å². The number of nitrogens with zero attached hydrogens (tertiary/aromatic N) is 1. The molecule has 0 unspecified atom stereocenters. The zero-order valence-corrected chi connectivity index (χ0v) is 10.3. The topological polar surface area (TPSA) is 37.4 Å². The summed E-state index contributed by atoms with van der Waals surface area (Å²) in [6.45, 7) is 1.43. The Morgan fingerprint density at radius 3 is 2.62 bits per heavy atom. The lowest BCUT2D eigenvalue weighted by atomic mass is 10.1. The molecule has 0 amide bonds. The molecule has 1 aromatic carbocycles. The molecule has 0 N–H and O–H groups in total. The van der Waals surface area contributed by atoms with Crippen LogP contribution in [0.4, 0.5) is 5.69 Å². The van der Waals surface area contributed by atoms with E-state index >= 15 is 0 Å². The maximum absolute atomic E-state index is 11.3. The highest BCUT2D eigenvalue weighted by atomic mass is 35.5. The minimum Gasteiger partial charge on any atom is -0.369 e. The molecule has 0 aliphatic carbocycles. The summed E-state index contributed by atoms with van der Waals surface area (Å²) < 4.78 is 11.3. The normalized spacial score (nSPS) is 17.4. The predicted octanol–water partition coefficient (Wildman–Crippen LogP) is 1.72. The Balaban J connectivity index is 2.28. The van der Waals surface area contributed by atoms with Gasteiger partial charge in [0.2, 0.25) is 0 Å². The SMILES string of the molecule is O=Cc1ccc(Cl)cc1N1CCS(=O)CC1. The van der Waals surface area contributed by atoms with Crippen LogP contribution in [0.2, 0.25) is 5.02 Å². The Morgan fingerprint density at radius 2 is 2.00 bits per heavy atom. The van der Waals surface area contributed by atoms with E-state index in [1.807, 2.05) is 0 Å². The Hall–Kier alpha value is -0.870. The molecule has 1 aliphatic rings. The maximum Gasteiger partial charge on any atom is 0.152 e. The van der Waals surface area contributed by atoms with Crippen LogP contribution in [0.5, 0.6) is 0 Å². The van der Waals surface area contributed by atoms with Crippen LogP contribution in [0.25, 0.3) is 0 Å². The van der Waals surface area contributed by atoms with Crippen molar-refractivity contribution in [2.75, 3.05) is 29.5 Å². The number of anilines is 1. The molecule has 0 bridgehead atoms. The van der Waals surface area contributed by atoms with Crippen LogP contribution >= 0.6 is 11.6 Å². The first-order valence-corrected chi connectivity index (χ1v) is 6.92. The monoisotopic (exact) mass is 257 g/mol. The van der Waals surface area contributed by atoms with Gasteiger partial charge in [-0.2, -0.15) is 0 Å². The summed E-state index contributed by atoms with van der Waals surface area (Å²) in [4.78, 5) is 13.0. The van der Waals surface area contributed by atoms with Gasteiger partial charge in [0, 0.05) is 51.7 Å². The van der Waals surface area contributed by atoms with E-state index in [1.165, 1.54) is 0 Å². The number of halogens is 1. The second-order valence-corrected chi connectivity index (χ2v) is 5.79. The summed E-state index contributed by atoms with van der Waals surface area (Å²) >= 11 is 5.92. The van der Waals surface area contributed by atoms with Crippen molar-refractivity contribution in [3.8, 4) is 0 Å². The van der Waals surface area contributed by atoms with Crippen LogP contribution in [-0.2, 0) is 10.8 Å². The summed E-state index contributed by atoms with van der Waals surface area (Å²) in [6, 6.07) is 5.21. The Kier molecular flexibility index (Phi) is 3.61. The van der Waals surface area contributed by atoms with Crippen molar-refractivity contribution in [1.29, 1.82) is 0 Å². The lowest BCUT2D eigenvalue weighted by Gasteiger charge is -2.29. The van der Waals surface area contributed by atoms with Crippen LogP contribution in [0, 0.1) is 0 Å². The second kappa shape index (κ2) is 4.97. The van der Waals surface area contributed by atoms with Crippen molar-refractivity contribution in [3.63, 3.8) is 0 Å². The maximum atomic E-state index is 11.3. The summed E-state index contributed by atoms with van der Waals surface area (Å²) in [7, 11) is -0.712. The molecular weight excluding hydrogens is 246 g/mol. The van der Waals surface area contributed by atoms with Gasteiger partial charge in [0.25, 0.3) is 0 Å². The fourth-order valence-electron chi connectivity index (χ4n) is 1.77. The van der Waals surface area contributed by atoms with Gasteiger partial charge in [0.15, 0.2) is 6.29 Å². The third-order valence-electron chi connectivity index (χ3n) is 2.64. The highest BCUT2D eigenvalue weighted by Crippen LogP contribution is 2.24. The van der Waals surface area contributed by atoms with Gasteiger partial charge in [-0.25, -0.2) is 0 Å². The van der Waals surface area contributed by atoms with E-state index < -0.39 is 10.8 Å². The fourth-order valence-corrected chi connectivity index (χ4v) is 2.99. The summed E-state index contributed by atoms with van der Waals surface area (Å²) in [5.74, 6) is 1.32. The molecule has 0 atom stereocenters. The van der Waals surface area contributed by atoms with Crippen LogP contribution < -0.4 is 4.90 Å². The van der Waals surface area contributed by atoms with Crippen molar-refractivity contribution in [1.82, 2.24) is 0 Å². The van der Waals surface area contributed by atoms with Gasteiger partial charge in [-0.15, -0.1) is 0 Å². The first-order valence-electron chi connectivity index (χ1n) is 5.05. The number of carbonyl (C=O) groups excluding carboxylic acids is 1. The van der Waals surface area contributed by atoms with Crippen molar-refractivity contribution < 1.29 is 9.00 Å². The number of aldehydes is 1. The Morgan fingerprint density at radius 1 is 1.31 bits per heavy atom. The number of hydrogen-bond donors (Lipinski definition) is 0. The number of rotatable bonds is 2. The lowest BCUT2D eigenvalue weighted by molar-refractivity contribution is 0.112. The summed E-state index contributed by atoms with van der Waals surface area (Å²) in [5, 5.41) is 0.618. The molecule has 0 aromatic heterocycles. The van der Waals surface area contributed by atoms with Crippen molar-refractivity contribution >= 4 is 34.4 Å². The molecule has 0 spiro atoms. The quantitative estimate of drug-likeness (QED) is 0.757. The first-order chi connectivity index (χ1) is 7.70. The van der Waals surface area contributed by atoms with Crippen molar-refractivity contribution in [2.24, 2.45) is 0 Å². The zero-order valence-electron chi connectivity index (χ0n) is 8.69. The van der Waals surface area contributed by atoms with Crippen LogP contribution in [0.3, 0.4) is 0 Å². The van der Waals surface area contributed by atoms with Crippen LogP contribution in [0.1, 0.15) is 10.4 Å².